The third-order valence-electron chi connectivity index (χ3n) is 3.38. The first kappa shape index (κ1) is 24.2. The van der Waals surface area contributed by atoms with E-state index >= 15 is 0 Å². The smallest absolute Gasteiger partial charge is 0.357 e. The van der Waals surface area contributed by atoms with Crippen LogP contribution in [0, 0.1) is 18.8 Å². The highest BCUT2D eigenvalue weighted by molar-refractivity contribution is 14.0. The van der Waals surface area contributed by atoms with Gasteiger partial charge in [-0.25, -0.2) is 4.98 Å². The molecule has 0 unspecified atom stereocenters. The number of aliphatic imine (C=N–C) groups is 1. The summed E-state index contributed by atoms with van der Waals surface area (Å²) in [6.45, 7) is 5.53. The van der Waals surface area contributed by atoms with E-state index in [2.05, 4.69) is 32.5 Å². The van der Waals surface area contributed by atoms with E-state index in [-0.39, 0.29) is 30.5 Å². The molecule has 1 aromatic heterocycles. The molecule has 0 spiro atoms. The fraction of sp³-hybridized carbons (Fsp3) is 0.368. The van der Waals surface area contributed by atoms with Crippen LogP contribution in [0.15, 0.2) is 35.5 Å². The highest BCUT2D eigenvalue weighted by Gasteiger charge is 2.30. The van der Waals surface area contributed by atoms with Crippen molar-refractivity contribution in [2.24, 2.45) is 4.99 Å². The molecule has 28 heavy (non-hydrogen) atoms. The second kappa shape index (κ2) is 11.9. The van der Waals surface area contributed by atoms with Gasteiger partial charge in [0.2, 0.25) is 0 Å². The zero-order valence-electron chi connectivity index (χ0n) is 15.6. The van der Waals surface area contributed by atoms with Crippen LogP contribution < -0.4 is 10.6 Å². The van der Waals surface area contributed by atoms with Gasteiger partial charge in [-0.1, -0.05) is 17.9 Å². The number of aryl methyl sites for hydroxylation is 1. The number of rotatable bonds is 5. The summed E-state index contributed by atoms with van der Waals surface area (Å²) in [5.74, 6) is 6.17. The zero-order valence-corrected chi connectivity index (χ0v) is 18.7. The van der Waals surface area contributed by atoms with Gasteiger partial charge in [-0.05, 0) is 32.0 Å². The monoisotopic (exact) mass is 522 g/mol. The Bertz CT molecular complexity index is 837. The van der Waals surface area contributed by atoms with Crippen molar-refractivity contribution in [2.75, 3.05) is 19.6 Å². The Kier molecular flexibility index (Phi) is 10.3. The molecule has 152 valence electrons. The predicted molar refractivity (Wildman–Crippen MR) is 118 cm³/mol. The quantitative estimate of drug-likeness (QED) is 0.268. The molecule has 0 saturated heterocycles. The van der Waals surface area contributed by atoms with E-state index < -0.39 is 11.7 Å². The molecule has 0 amide bonds. The summed E-state index contributed by atoms with van der Waals surface area (Å²) in [6, 6.07) is 4.98. The Balaban J connectivity index is 0.00000392. The topological polar surface area (TPSA) is 49.3 Å². The van der Waals surface area contributed by atoms with Crippen molar-refractivity contribution in [3.05, 3.63) is 51.5 Å². The third kappa shape index (κ3) is 8.48. The van der Waals surface area contributed by atoms with Crippen LogP contribution in [0.2, 0.25) is 0 Å². The minimum absolute atomic E-state index is 0. The first-order valence-electron chi connectivity index (χ1n) is 8.48. The van der Waals surface area contributed by atoms with E-state index in [0.717, 1.165) is 23.6 Å². The standard InChI is InChI=1S/C19H21F3N4S.HI/c1-3-23-18(25-11-9-17-26-13-14(2)27-17)24-10-5-7-15-6-4-8-16(12-15)19(20,21)22;/h4,6,8,12-13H,3,9-11H2,1-2H3,(H2,23,24,25);1H. The zero-order chi connectivity index (χ0) is 19.7. The molecule has 1 aromatic carbocycles. The van der Waals surface area contributed by atoms with Crippen LogP contribution in [0.3, 0.4) is 0 Å². The van der Waals surface area contributed by atoms with Gasteiger partial charge in [-0.2, -0.15) is 13.2 Å². The lowest BCUT2D eigenvalue weighted by Crippen LogP contribution is -2.37. The molecule has 9 heteroatoms. The molecule has 0 saturated carbocycles. The van der Waals surface area contributed by atoms with Crippen LogP contribution in [0.1, 0.15) is 27.9 Å². The van der Waals surface area contributed by atoms with E-state index in [0.29, 0.717) is 24.6 Å². The van der Waals surface area contributed by atoms with Crippen LogP contribution in [0.5, 0.6) is 0 Å². The summed E-state index contributed by atoms with van der Waals surface area (Å²) in [5.41, 5.74) is -0.373. The number of nitrogens with zero attached hydrogens (tertiary/aromatic N) is 2. The molecule has 4 nitrogen and oxygen atoms in total. The minimum Gasteiger partial charge on any atom is -0.357 e. The SMILES string of the molecule is CCNC(=NCCc1ncc(C)s1)NCC#Cc1cccc(C(F)(F)F)c1.I. The highest BCUT2D eigenvalue weighted by atomic mass is 127. The van der Waals surface area contributed by atoms with Gasteiger partial charge in [-0.15, -0.1) is 35.3 Å². The predicted octanol–water partition coefficient (Wildman–Crippen LogP) is 4.24. The summed E-state index contributed by atoms with van der Waals surface area (Å²) in [4.78, 5) is 9.92. The second-order valence-corrected chi connectivity index (χ2v) is 6.93. The van der Waals surface area contributed by atoms with E-state index in [1.807, 2.05) is 20.0 Å². The molecule has 0 aliphatic heterocycles. The number of hydrogen-bond donors (Lipinski definition) is 2. The Labute approximate surface area is 184 Å². The van der Waals surface area contributed by atoms with E-state index in [4.69, 9.17) is 0 Å². The third-order valence-corrected chi connectivity index (χ3v) is 4.35. The van der Waals surface area contributed by atoms with Crippen LogP contribution in [-0.4, -0.2) is 30.6 Å². The number of alkyl halides is 3. The Morgan fingerprint density at radius 3 is 2.71 bits per heavy atom. The molecule has 2 aromatic rings. The number of aromatic nitrogens is 1. The van der Waals surface area contributed by atoms with Crippen LogP contribution >= 0.6 is 35.3 Å². The lowest BCUT2D eigenvalue weighted by atomic mass is 10.1. The van der Waals surface area contributed by atoms with Gasteiger partial charge in [-0.3, -0.25) is 4.99 Å². The molecular formula is C19H22F3IN4S. The van der Waals surface area contributed by atoms with Crippen LogP contribution in [0.4, 0.5) is 13.2 Å². The summed E-state index contributed by atoms with van der Waals surface area (Å²) >= 11 is 1.65. The van der Waals surface area contributed by atoms with E-state index in [9.17, 15) is 13.2 Å². The Morgan fingerprint density at radius 1 is 1.29 bits per heavy atom. The molecule has 1 heterocycles. The number of hydrogen-bond acceptors (Lipinski definition) is 3. The molecule has 2 rings (SSSR count). The summed E-state index contributed by atoms with van der Waals surface area (Å²) < 4.78 is 38.1. The largest absolute Gasteiger partial charge is 0.416 e. The van der Waals surface area contributed by atoms with Gasteiger partial charge in [0.1, 0.15) is 0 Å². The molecule has 0 radical (unpaired) electrons. The number of halogens is 4. The number of thiazole rings is 1. The molecule has 0 bridgehead atoms. The van der Waals surface area contributed by atoms with Crippen molar-refractivity contribution in [1.82, 2.24) is 15.6 Å². The number of guanidine groups is 1. The fourth-order valence-electron chi connectivity index (χ4n) is 2.17. The molecular weight excluding hydrogens is 500 g/mol. The van der Waals surface area contributed by atoms with Gasteiger partial charge in [0.25, 0.3) is 0 Å². The van der Waals surface area contributed by atoms with Gasteiger partial charge in [0.15, 0.2) is 5.96 Å². The first-order chi connectivity index (χ1) is 12.9. The normalized spacial score (nSPS) is 11.2. The van der Waals surface area contributed by atoms with Crippen molar-refractivity contribution >= 4 is 41.3 Å². The molecule has 0 atom stereocenters. The van der Waals surface area contributed by atoms with Crippen molar-refractivity contribution in [3.8, 4) is 11.8 Å². The minimum atomic E-state index is -4.36. The maximum Gasteiger partial charge on any atom is 0.416 e. The lowest BCUT2D eigenvalue weighted by molar-refractivity contribution is -0.137. The Morgan fingerprint density at radius 2 is 2.07 bits per heavy atom. The molecule has 2 N–H and O–H groups in total. The van der Waals surface area contributed by atoms with Gasteiger partial charge >= 0.3 is 6.18 Å². The average molecular weight is 522 g/mol. The van der Waals surface area contributed by atoms with Crippen molar-refractivity contribution in [1.29, 1.82) is 0 Å². The Hall–Kier alpha value is -1.80. The second-order valence-electron chi connectivity index (χ2n) is 5.61. The fourth-order valence-corrected chi connectivity index (χ4v) is 2.95. The van der Waals surface area contributed by atoms with Gasteiger partial charge in [0, 0.05) is 36.1 Å². The van der Waals surface area contributed by atoms with Crippen molar-refractivity contribution in [2.45, 2.75) is 26.4 Å². The summed E-state index contributed by atoms with van der Waals surface area (Å²) in [7, 11) is 0. The summed E-state index contributed by atoms with van der Waals surface area (Å²) in [6.07, 6.45) is -1.77. The van der Waals surface area contributed by atoms with Crippen molar-refractivity contribution < 1.29 is 13.2 Å². The van der Waals surface area contributed by atoms with Gasteiger partial charge < -0.3 is 10.6 Å². The molecule has 0 aliphatic rings. The lowest BCUT2D eigenvalue weighted by Gasteiger charge is -2.08. The maximum absolute atomic E-state index is 12.7. The van der Waals surface area contributed by atoms with E-state index in [1.54, 1.807) is 17.4 Å². The highest BCUT2D eigenvalue weighted by Crippen LogP contribution is 2.29. The first-order valence-corrected chi connectivity index (χ1v) is 9.29. The molecule has 0 aliphatic carbocycles. The number of benzene rings is 1. The number of nitrogens with one attached hydrogen (secondary N) is 2. The molecule has 0 fully saturated rings. The maximum atomic E-state index is 12.7. The van der Waals surface area contributed by atoms with Crippen LogP contribution in [0.25, 0.3) is 0 Å². The van der Waals surface area contributed by atoms with Gasteiger partial charge in [0.05, 0.1) is 17.1 Å². The van der Waals surface area contributed by atoms with E-state index in [1.165, 1.54) is 10.9 Å². The average Bonchev–Trinajstić information content (AvgIpc) is 3.03. The van der Waals surface area contributed by atoms with Crippen molar-refractivity contribution in [3.63, 3.8) is 0 Å². The summed E-state index contributed by atoms with van der Waals surface area (Å²) in [5, 5.41) is 7.20. The van der Waals surface area contributed by atoms with Crippen LogP contribution in [-0.2, 0) is 12.6 Å².